The Morgan fingerprint density at radius 1 is 1.41 bits per heavy atom. The van der Waals surface area contributed by atoms with E-state index < -0.39 is 23.9 Å². The van der Waals surface area contributed by atoms with Crippen LogP contribution >= 0.6 is 0 Å². The fraction of sp³-hybridized carbons (Fsp3) is 0.368. The van der Waals surface area contributed by atoms with Crippen molar-refractivity contribution in [2.24, 2.45) is 0 Å². The second-order valence-corrected chi connectivity index (χ2v) is 6.67. The third-order valence-corrected chi connectivity index (χ3v) is 4.80. The van der Waals surface area contributed by atoms with Gasteiger partial charge in [-0.15, -0.1) is 0 Å². The molecular formula is C19H20F2N6O2. The summed E-state index contributed by atoms with van der Waals surface area (Å²) in [6, 6.07) is 5.00. The fourth-order valence-corrected chi connectivity index (χ4v) is 3.42. The highest BCUT2D eigenvalue weighted by atomic mass is 19.1. The van der Waals surface area contributed by atoms with E-state index in [0.29, 0.717) is 29.9 Å². The lowest BCUT2D eigenvalue weighted by molar-refractivity contribution is 0.0943. The molecule has 3 amide bonds. The molecule has 0 bridgehead atoms. The first-order valence-corrected chi connectivity index (χ1v) is 8.72. The Morgan fingerprint density at radius 3 is 2.97 bits per heavy atom. The number of hydrogen-bond donors (Lipinski definition) is 2. The number of nitrogens with one attached hydrogen (secondary N) is 2. The Morgan fingerprint density at radius 2 is 2.21 bits per heavy atom. The third kappa shape index (κ3) is 3.76. The lowest BCUT2D eigenvalue weighted by atomic mass is 10.1. The van der Waals surface area contributed by atoms with Gasteiger partial charge in [-0.2, -0.15) is 10.4 Å². The molecule has 0 spiro atoms. The number of nitrogens with zero attached hydrogens (tertiary/aromatic N) is 4. The number of rotatable bonds is 1. The molecule has 0 saturated heterocycles. The minimum absolute atomic E-state index is 0. The van der Waals surface area contributed by atoms with Gasteiger partial charge in [0.2, 0.25) is 0 Å². The molecule has 2 aliphatic heterocycles. The van der Waals surface area contributed by atoms with Crippen LogP contribution in [0, 0.1) is 17.1 Å². The molecule has 2 aromatic rings. The Labute approximate surface area is 166 Å². The number of benzene rings is 1. The first-order valence-electron chi connectivity index (χ1n) is 8.72. The summed E-state index contributed by atoms with van der Waals surface area (Å²) < 4.78 is 28.6. The van der Waals surface area contributed by atoms with Crippen molar-refractivity contribution in [3.63, 3.8) is 0 Å². The van der Waals surface area contributed by atoms with Crippen LogP contribution in [0.25, 0.3) is 0 Å². The number of hydrogen-bond acceptors (Lipinski definition) is 4. The SMILES string of the molecule is C.N#Cc1cc(NC(=O)N2CCc3nn4c(c3C2)C(=O)NCC(F)C4)ccc1F. The van der Waals surface area contributed by atoms with Crippen molar-refractivity contribution in [3.8, 4) is 6.07 Å². The molecule has 10 heteroatoms. The molecule has 0 saturated carbocycles. The van der Waals surface area contributed by atoms with Gasteiger partial charge in [0.25, 0.3) is 5.91 Å². The highest BCUT2D eigenvalue weighted by Crippen LogP contribution is 2.25. The highest BCUT2D eigenvalue weighted by Gasteiger charge is 2.32. The summed E-state index contributed by atoms with van der Waals surface area (Å²) in [4.78, 5) is 26.4. The molecule has 1 aromatic heterocycles. The molecule has 0 fully saturated rings. The number of amides is 3. The van der Waals surface area contributed by atoms with Crippen LogP contribution in [-0.2, 0) is 19.5 Å². The van der Waals surface area contributed by atoms with Crippen LogP contribution in [0.15, 0.2) is 18.2 Å². The average molecular weight is 402 g/mol. The van der Waals surface area contributed by atoms with Crippen molar-refractivity contribution in [2.45, 2.75) is 33.1 Å². The molecule has 0 radical (unpaired) electrons. The molecule has 0 aliphatic carbocycles. The van der Waals surface area contributed by atoms with E-state index in [-0.39, 0.29) is 38.3 Å². The van der Waals surface area contributed by atoms with Crippen molar-refractivity contribution < 1.29 is 18.4 Å². The maximum atomic E-state index is 13.8. The summed E-state index contributed by atoms with van der Waals surface area (Å²) in [5.41, 5.74) is 1.68. The molecule has 8 nitrogen and oxygen atoms in total. The molecule has 4 rings (SSSR count). The van der Waals surface area contributed by atoms with Crippen LogP contribution in [0.2, 0.25) is 0 Å². The Hall–Kier alpha value is -3.48. The van der Waals surface area contributed by atoms with E-state index in [2.05, 4.69) is 15.7 Å². The molecule has 2 aliphatic rings. The number of carbonyl (C=O) groups is 2. The van der Waals surface area contributed by atoms with Gasteiger partial charge < -0.3 is 15.5 Å². The van der Waals surface area contributed by atoms with E-state index in [1.807, 2.05) is 0 Å². The summed E-state index contributed by atoms with van der Waals surface area (Å²) >= 11 is 0. The van der Waals surface area contributed by atoms with Gasteiger partial charge in [0.05, 0.1) is 30.9 Å². The number of halogens is 2. The Bertz CT molecular complexity index is 1010. The van der Waals surface area contributed by atoms with E-state index in [4.69, 9.17) is 5.26 Å². The maximum absolute atomic E-state index is 13.8. The molecule has 3 heterocycles. The number of aromatic nitrogens is 2. The second-order valence-electron chi connectivity index (χ2n) is 6.67. The topological polar surface area (TPSA) is 103 Å². The monoisotopic (exact) mass is 402 g/mol. The Balaban J connectivity index is 0.00000240. The van der Waals surface area contributed by atoms with E-state index in [1.165, 1.54) is 21.7 Å². The van der Waals surface area contributed by atoms with Gasteiger partial charge in [0, 0.05) is 24.2 Å². The van der Waals surface area contributed by atoms with Gasteiger partial charge >= 0.3 is 6.03 Å². The number of urea groups is 1. The molecule has 29 heavy (non-hydrogen) atoms. The third-order valence-electron chi connectivity index (χ3n) is 4.80. The second kappa shape index (κ2) is 7.87. The number of carbonyl (C=O) groups excluding carboxylic acids is 2. The van der Waals surface area contributed by atoms with Crippen LogP contribution in [-0.4, -0.2) is 45.9 Å². The van der Waals surface area contributed by atoms with Crippen molar-refractivity contribution >= 4 is 17.6 Å². The van der Waals surface area contributed by atoms with Crippen molar-refractivity contribution in [1.82, 2.24) is 20.0 Å². The first kappa shape index (κ1) is 20.3. The van der Waals surface area contributed by atoms with Crippen LogP contribution < -0.4 is 10.6 Å². The number of fused-ring (bicyclic) bond motifs is 3. The van der Waals surface area contributed by atoms with Crippen molar-refractivity contribution in [2.75, 3.05) is 18.4 Å². The zero-order valence-corrected chi connectivity index (χ0v) is 14.7. The van der Waals surface area contributed by atoms with Crippen LogP contribution in [0.5, 0.6) is 0 Å². The summed E-state index contributed by atoms with van der Waals surface area (Å²) in [6.07, 6.45) is -0.793. The number of nitriles is 1. The summed E-state index contributed by atoms with van der Waals surface area (Å²) in [6.45, 7) is 0.419. The van der Waals surface area contributed by atoms with Gasteiger partial charge in [-0.05, 0) is 18.2 Å². The summed E-state index contributed by atoms with van der Waals surface area (Å²) in [7, 11) is 0. The average Bonchev–Trinajstić information content (AvgIpc) is 2.97. The minimum atomic E-state index is -1.22. The van der Waals surface area contributed by atoms with Gasteiger partial charge in [-0.3, -0.25) is 9.48 Å². The van der Waals surface area contributed by atoms with Gasteiger partial charge in [-0.25, -0.2) is 13.6 Å². The minimum Gasteiger partial charge on any atom is -0.348 e. The van der Waals surface area contributed by atoms with Crippen LogP contribution in [0.1, 0.15) is 34.7 Å². The molecule has 1 atom stereocenters. The first-order chi connectivity index (χ1) is 13.5. The summed E-state index contributed by atoms with van der Waals surface area (Å²) in [5, 5.41) is 18.4. The van der Waals surface area contributed by atoms with Gasteiger partial charge in [0.1, 0.15) is 23.8 Å². The molecule has 1 aromatic carbocycles. The van der Waals surface area contributed by atoms with Gasteiger partial charge in [-0.1, -0.05) is 7.43 Å². The van der Waals surface area contributed by atoms with Crippen molar-refractivity contribution in [1.29, 1.82) is 5.26 Å². The smallest absolute Gasteiger partial charge is 0.322 e. The standard InChI is InChI=1S/C18H16F2N6O2.CH4/c19-11-7-22-17(27)16-13-9-25(4-3-15(13)24-26(16)8-11)18(28)23-12-1-2-14(20)10(5-12)6-21;/h1-2,5,11H,3-4,7-9H2,(H,22,27)(H,23,28);1H4. The highest BCUT2D eigenvalue weighted by molar-refractivity contribution is 5.95. The maximum Gasteiger partial charge on any atom is 0.322 e. The molecule has 152 valence electrons. The van der Waals surface area contributed by atoms with Crippen LogP contribution in [0.4, 0.5) is 19.3 Å². The van der Waals surface area contributed by atoms with E-state index in [0.717, 1.165) is 6.07 Å². The zero-order valence-electron chi connectivity index (χ0n) is 14.7. The number of alkyl halides is 1. The fourth-order valence-electron chi connectivity index (χ4n) is 3.42. The predicted octanol–water partition coefficient (Wildman–Crippen LogP) is 2.20. The lowest BCUT2D eigenvalue weighted by Crippen LogP contribution is -2.39. The quantitative estimate of drug-likeness (QED) is 0.763. The molecule has 2 N–H and O–H groups in total. The normalized spacial score (nSPS) is 17.8. The summed E-state index contributed by atoms with van der Waals surface area (Å²) in [5.74, 6) is -1.07. The van der Waals surface area contributed by atoms with Crippen molar-refractivity contribution in [3.05, 3.63) is 46.5 Å². The zero-order chi connectivity index (χ0) is 19.8. The van der Waals surface area contributed by atoms with E-state index >= 15 is 0 Å². The van der Waals surface area contributed by atoms with Crippen LogP contribution in [0.3, 0.4) is 0 Å². The van der Waals surface area contributed by atoms with E-state index in [9.17, 15) is 18.4 Å². The largest absolute Gasteiger partial charge is 0.348 e. The Kier molecular flexibility index (Phi) is 5.50. The van der Waals surface area contributed by atoms with Gasteiger partial charge in [0.15, 0.2) is 0 Å². The van der Waals surface area contributed by atoms with E-state index in [1.54, 1.807) is 6.07 Å². The molecular weight excluding hydrogens is 382 g/mol. The number of anilines is 1. The predicted molar refractivity (Wildman–Crippen MR) is 100 cm³/mol. The molecule has 1 unspecified atom stereocenters. The lowest BCUT2D eigenvalue weighted by Gasteiger charge is -2.27.